The maximum absolute atomic E-state index is 12.0. The van der Waals surface area contributed by atoms with Gasteiger partial charge < -0.3 is 37.9 Å². The topological polar surface area (TPSA) is 151 Å². The van der Waals surface area contributed by atoms with Gasteiger partial charge in [-0.15, -0.1) is 0 Å². The number of rotatable bonds is 21. The number of hydrogen-bond donors (Lipinski definition) is 1. The quantitative estimate of drug-likeness (QED) is 0.0733. The molecule has 14 heteroatoms. The van der Waals surface area contributed by atoms with Gasteiger partial charge in [-0.1, -0.05) is 47.1 Å². The van der Waals surface area contributed by atoms with Crippen molar-refractivity contribution < 1.29 is 75.8 Å². The summed E-state index contributed by atoms with van der Waals surface area (Å²) in [7, 11) is -1.35. The fourth-order valence-corrected chi connectivity index (χ4v) is 7.31. The second-order valence-corrected chi connectivity index (χ2v) is 16.6. The Morgan fingerprint density at radius 2 is 1.59 bits per heavy atom. The smallest absolute Gasteiger partial charge is 0.744 e. The number of nitrogens with zero attached hydrogens (tertiary/aromatic N) is 2. The number of carboxylic acids is 1. The summed E-state index contributed by atoms with van der Waals surface area (Å²) in [6, 6.07) is 12.9. The maximum atomic E-state index is 12.0. The Hall–Kier alpha value is -2.85. The molecule has 0 spiro atoms. The van der Waals surface area contributed by atoms with Crippen molar-refractivity contribution in [3.63, 3.8) is 0 Å². The molecule has 302 valence electrons. The summed E-state index contributed by atoms with van der Waals surface area (Å²) < 4.78 is 66.6. The third-order valence-corrected chi connectivity index (χ3v) is 10.6. The molecule has 2 heterocycles. The average Bonchev–Trinajstić information content (AvgIpc) is 3.33. The Morgan fingerprint density at radius 1 is 0.929 bits per heavy atom. The van der Waals surface area contributed by atoms with Gasteiger partial charge in [-0.2, -0.15) is 0 Å². The van der Waals surface area contributed by atoms with Crippen LogP contribution in [0.1, 0.15) is 77.2 Å². The first kappa shape index (κ1) is 47.5. The molecule has 1 aromatic carbocycles. The monoisotopic (exact) mass is 805 g/mol. The minimum Gasteiger partial charge on any atom is -0.744 e. The standard InChI is InChI=1S/C42H58N2O10S.Na/c1-41(2,3)35-29-32(54-38-28-31(15-17-34(35)38)43(20-22-52-26-24-50-6)21-23-53-27-25-51-7)12-11-13-39-42(4,5)36-30-33(55(47,48)49)16-18-37(36)44(39)19-10-8-9-14-40(45)46;/h11-13,15-18,28-30H,8-10,14,19-27H2,1-7H3,(H-,45,46,47,48,49);/q;+1. The zero-order valence-electron chi connectivity index (χ0n) is 34.4. The molecular formula is C42H58N2NaO10S+. The van der Waals surface area contributed by atoms with E-state index in [1.165, 1.54) is 12.1 Å². The molecule has 12 nitrogen and oxygen atoms in total. The van der Waals surface area contributed by atoms with Crippen molar-refractivity contribution >= 4 is 27.9 Å². The van der Waals surface area contributed by atoms with Crippen molar-refractivity contribution in [2.45, 2.75) is 76.0 Å². The number of unbranched alkanes of at least 4 members (excludes halogenated alkanes) is 2. The average molecular weight is 806 g/mol. The van der Waals surface area contributed by atoms with Gasteiger partial charge in [0.05, 0.1) is 37.4 Å². The van der Waals surface area contributed by atoms with Crippen LogP contribution in [0.5, 0.6) is 0 Å². The summed E-state index contributed by atoms with van der Waals surface area (Å²) >= 11 is 0. The van der Waals surface area contributed by atoms with Crippen molar-refractivity contribution in [2.75, 3.05) is 78.4 Å². The first-order valence-corrected chi connectivity index (χ1v) is 20.3. The van der Waals surface area contributed by atoms with Crippen molar-refractivity contribution in [1.82, 2.24) is 4.58 Å². The van der Waals surface area contributed by atoms with Crippen molar-refractivity contribution in [3.8, 4) is 11.3 Å². The molecule has 2 aliphatic heterocycles. The molecule has 0 amide bonds. The Labute approximate surface area is 354 Å². The number of hydrogen-bond acceptors (Lipinski definition) is 10. The van der Waals surface area contributed by atoms with Gasteiger partial charge in [0.25, 0.3) is 0 Å². The Balaban J connectivity index is 0.00000841. The van der Waals surface area contributed by atoms with Crippen LogP contribution in [-0.4, -0.2) is 97.5 Å². The van der Waals surface area contributed by atoms with Gasteiger partial charge in [-0.05, 0) is 71.9 Å². The molecule has 1 aliphatic carbocycles. The van der Waals surface area contributed by atoms with E-state index in [2.05, 4.69) is 54.5 Å². The fourth-order valence-electron chi connectivity index (χ4n) is 6.81. The van der Waals surface area contributed by atoms with Crippen molar-refractivity contribution in [1.29, 1.82) is 0 Å². The molecule has 0 saturated carbocycles. The summed E-state index contributed by atoms with van der Waals surface area (Å²) in [4.78, 5) is 12.9. The van der Waals surface area contributed by atoms with E-state index >= 15 is 0 Å². The minimum atomic E-state index is -4.65. The van der Waals surface area contributed by atoms with Gasteiger partial charge >= 0.3 is 35.5 Å². The van der Waals surface area contributed by atoms with Gasteiger partial charge in [0, 0.05) is 55.6 Å². The zero-order chi connectivity index (χ0) is 40.2. The van der Waals surface area contributed by atoms with Gasteiger partial charge in [0.2, 0.25) is 5.36 Å². The molecule has 1 aromatic rings. The number of aliphatic carboxylic acids is 1. The molecule has 0 radical (unpaired) electrons. The minimum absolute atomic E-state index is 0. The third kappa shape index (κ3) is 13.1. The van der Waals surface area contributed by atoms with Gasteiger partial charge in [-0.25, -0.2) is 13.0 Å². The van der Waals surface area contributed by atoms with Gasteiger partial charge in [0.15, 0.2) is 13.1 Å². The molecule has 0 fully saturated rings. The molecule has 0 aromatic heterocycles. The van der Waals surface area contributed by atoms with Crippen LogP contribution >= 0.6 is 0 Å². The number of anilines is 1. The summed E-state index contributed by atoms with van der Waals surface area (Å²) in [5.41, 5.74) is 3.83. The van der Waals surface area contributed by atoms with E-state index in [0.717, 1.165) is 52.0 Å². The van der Waals surface area contributed by atoms with Crippen LogP contribution in [0.4, 0.5) is 5.69 Å². The Morgan fingerprint density at radius 3 is 2.18 bits per heavy atom. The van der Waals surface area contributed by atoms with Crippen LogP contribution < -0.4 is 44.4 Å². The molecule has 56 heavy (non-hydrogen) atoms. The molecule has 0 saturated heterocycles. The van der Waals surface area contributed by atoms with Crippen LogP contribution in [0.15, 0.2) is 69.6 Å². The maximum Gasteiger partial charge on any atom is 1.00 e. The fraction of sp³-hybridized carbons (Fsp3) is 0.524. The molecule has 1 N–H and O–H groups in total. The van der Waals surface area contributed by atoms with Crippen LogP contribution in [0, 0.1) is 0 Å². The first-order chi connectivity index (χ1) is 26.1. The number of ether oxygens (including phenoxy) is 4. The van der Waals surface area contributed by atoms with E-state index in [-0.39, 0.29) is 46.3 Å². The summed E-state index contributed by atoms with van der Waals surface area (Å²) in [5, 5.41) is 10.1. The summed E-state index contributed by atoms with van der Waals surface area (Å²) in [5.74, 6) is 0.585. The second-order valence-electron chi connectivity index (χ2n) is 15.2. The predicted octanol–water partition coefficient (Wildman–Crippen LogP) is 3.03. The normalized spacial score (nSPS) is 14.8. The number of fused-ring (bicyclic) bond motifs is 2. The van der Waals surface area contributed by atoms with Crippen LogP contribution in [0.2, 0.25) is 0 Å². The number of allylic oxidation sites excluding steroid dienone is 3. The van der Waals surface area contributed by atoms with Crippen LogP contribution in [0.25, 0.3) is 17.4 Å². The van der Waals surface area contributed by atoms with E-state index in [4.69, 9.17) is 28.5 Å². The van der Waals surface area contributed by atoms with E-state index in [0.29, 0.717) is 71.5 Å². The summed E-state index contributed by atoms with van der Waals surface area (Å²) in [6.45, 7) is 15.6. The molecule has 0 bridgehead atoms. The van der Waals surface area contributed by atoms with Crippen LogP contribution in [0.3, 0.4) is 0 Å². The third-order valence-electron chi connectivity index (χ3n) is 9.76. The van der Waals surface area contributed by atoms with Crippen molar-refractivity contribution in [2.24, 2.45) is 0 Å². The number of carbonyl (C=O) groups is 1. The summed E-state index contributed by atoms with van der Waals surface area (Å²) in [6.07, 6.45) is 8.00. The van der Waals surface area contributed by atoms with Crippen LogP contribution in [-0.2, 0) is 44.7 Å². The van der Waals surface area contributed by atoms with Crippen molar-refractivity contribution in [3.05, 3.63) is 82.6 Å². The molecule has 4 rings (SSSR count). The SMILES string of the molecule is COCCOCC[N+](CCOCCOC)=c1ccc2c(C(C)(C)C)cc(/C=C/C=C3/N(CCCCCC(=O)O)c4ccc(S(=O)(=O)[O-])cc4C3(C)C)oc-2c1.[Na+]. The van der Waals surface area contributed by atoms with Gasteiger partial charge in [-0.3, -0.25) is 4.79 Å². The largest absolute Gasteiger partial charge is 1.00 e. The molecule has 0 unspecified atom stereocenters. The Bertz CT molecular complexity index is 1950. The van der Waals surface area contributed by atoms with E-state index < -0.39 is 21.5 Å². The number of carboxylic acid groups (broad SMARTS) is 1. The molecule has 3 aliphatic rings. The molecular weight excluding hydrogens is 748 g/mol. The number of benzene rings is 2. The van der Waals surface area contributed by atoms with E-state index in [1.54, 1.807) is 20.3 Å². The second kappa shape index (κ2) is 21.8. The van der Waals surface area contributed by atoms with E-state index in [1.807, 2.05) is 32.1 Å². The first-order valence-electron chi connectivity index (χ1n) is 18.9. The van der Waals surface area contributed by atoms with E-state index in [9.17, 15) is 17.8 Å². The van der Waals surface area contributed by atoms with Gasteiger partial charge in [0.1, 0.15) is 34.9 Å². The zero-order valence-corrected chi connectivity index (χ0v) is 37.2. The predicted molar refractivity (Wildman–Crippen MR) is 212 cm³/mol. The Kier molecular flexibility index (Phi) is 18.5. The molecule has 0 atom stereocenters. The number of methoxy groups -OCH3 is 2.